The summed E-state index contributed by atoms with van der Waals surface area (Å²) in [5.74, 6) is -0.0620. The van der Waals surface area contributed by atoms with Crippen LogP contribution >= 0.6 is 11.3 Å². The van der Waals surface area contributed by atoms with Gasteiger partial charge in [-0.15, -0.1) is 11.3 Å². The molecule has 0 bridgehead atoms. The zero-order valence-corrected chi connectivity index (χ0v) is 13.5. The third-order valence-corrected chi connectivity index (χ3v) is 4.26. The molecule has 0 unspecified atom stereocenters. The van der Waals surface area contributed by atoms with Crippen molar-refractivity contribution in [2.45, 2.75) is 26.8 Å². The molecule has 1 amide bonds. The van der Waals surface area contributed by atoms with Gasteiger partial charge < -0.3 is 5.32 Å². The van der Waals surface area contributed by atoms with E-state index in [1.165, 1.54) is 4.88 Å². The van der Waals surface area contributed by atoms with Crippen LogP contribution in [0.2, 0.25) is 0 Å². The van der Waals surface area contributed by atoms with Gasteiger partial charge in [-0.05, 0) is 30.9 Å². The van der Waals surface area contributed by atoms with Gasteiger partial charge in [0.1, 0.15) is 0 Å². The molecule has 3 heterocycles. The lowest BCUT2D eigenvalue weighted by atomic mass is 10.1. The molecule has 0 aliphatic heterocycles. The van der Waals surface area contributed by atoms with Crippen LogP contribution in [0.5, 0.6) is 0 Å². The molecule has 0 saturated carbocycles. The fourth-order valence-electron chi connectivity index (χ4n) is 2.36. The molecule has 0 aromatic carbocycles. The Bertz CT molecular complexity index is 792. The molecular weight excluding hydrogens is 296 g/mol. The lowest BCUT2D eigenvalue weighted by Crippen LogP contribution is -2.24. The molecule has 3 aromatic heterocycles. The maximum Gasteiger partial charge on any atom is 0.252 e. The summed E-state index contributed by atoms with van der Waals surface area (Å²) in [6, 6.07) is 5.92. The molecule has 0 saturated heterocycles. The first-order valence-corrected chi connectivity index (χ1v) is 8.20. The largest absolute Gasteiger partial charge is 0.352 e. The number of thiophene rings is 1. The van der Waals surface area contributed by atoms with Crippen LogP contribution in [0.15, 0.2) is 29.8 Å². The lowest BCUT2D eigenvalue weighted by Gasteiger charge is -2.07. The van der Waals surface area contributed by atoms with Gasteiger partial charge in [-0.2, -0.15) is 5.10 Å². The summed E-state index contributed by atoms with van der Waals surface area (Å²) in [5.41, 5.74) is 2.23. The first-order valence-electron chi connectivity index (χ1n) is 7.32. The topological polar surface area (TPSA) is 59.8 Å². The van der Waals surface area contributed by atoms with Gasteiger partial charge in [0.15, 0.2) is 5.65 Å². The summed E-state index contributed by atoms with van der Waals surface area (Å²) < 4.78 is 1.85. The number of rotatable bonds is 5. The van der Waals surface area contributed by atoms with E-state index in [9.17, 15) is 4.79 Å². The van der Waals surface area contributed by atoms with E-state index in [0.717, 1.165) is 23.1 Å². The van der Waals surface area contributed by atoms with Gasteiger partial charge in [-0.1, -0.05) is 13.0 Å². The number of hydrogen-bond donors (Lipinski definition) is 1. The summed E-state index contributed by atoms with van der Waals surface area (Å²) in [4.78, 5) is 18.1. The zero-order chi connectivity index (χ0) is 15.5. The number of aromatic nitrogens is 3. The van der Waals surface area contributed by atoms with Gasteiger partial charge in [-0.25, -0.2) is 9.67 Å². The Hall–Kier alpha value is -2.21. The summed E-state index contributed by atoms with van der Waals surface area (Å²) in [6.45, 7) is 5.28. The molecule has 114 valence electrons. The number of carbonyl (C=O) groups is 1. The lowest BCUT2D eigenvalue weighted by molar-refractivity contribution is 0.0955. The van der Waals surface area contributed by atoms with Crippen molar-refractivity contribution < 1.29 is 4.79 Å². The Balaban J connectivity index is 2.00. The van der Waals surface area contributed by atoms with Crippen LogP contribution in [0.25, 0.3) is 11.0 Å². The standard InChI is InChI=1S/C16H18N4OS/c1-3-6-17-16(21)13-8-11(2)19-15-14(13)9-18-20(15)10-12-5-4-7-22-12/h4-5,7-9H,3,6,10H2,1-2H3,(H,17,21). The Morgan fingerprint density at radius 1 is 1.45 bits per heavy atom. The predicted octanol–water partition coefficient (Wildman–Crippen LogP) is 2.99. The van der Waals surface area contributed by atoms with Crippen LogP contribution < -0.4 is 5.32 Å². The first-order chi connectivity index (χ1) is 10.7. The van der Waals surface area contributed by atoms with Crippen LogP contribution in [-0.2, 0) is 6.54 Å². The quantitative estimate of drug-likeness (QED) is 0.787. The predicted molar refractivity (Wildman–Crippen MR) is 88.3 cm³/mol. The number of carbonyl (C=O) groups excluding carboxylic acids is 1. The van der Waals surface area contributed by atoms with Crippen molar-refractivity contribution in [1.82, 2.24) is 20.1 Å². The fourth-order valence-corrected chi connectivity index (χ4v) is 3.05. The minimum Gasteiger partial charge on any atom is -0.352 e. The molecule has 0 radical (unpaired) electrons. The molecule has 1 N–H and O–H groups in total. The van der Waals surface area contributed by atoms with E-state index in [4.69, 9.17) is 0 Å². The first kappa shape index (κ1) is 14.7. The maximum atomic E-state index is 12.3. The SMILES string of the molecule is CCCNC(=O)c1cc(C)nc2c1cnn2Cc1cccs1. The zero-order valence-electron chi connectivity index (χ0n) is 12.7. The molecule has 0 aliphatic carbocycles. The van der Waals surface area contributed by atoms with Crippen molar-refractivity contribution >= 4 is 28.3 Å². The highest BCUT2D eigenvalue weighted by Crippen LogP contribution is 2.20. The number of amides is 1. The average molecular weight is 314 g/mol. The number of nitrogens with zero attached hydrogens (tertiary/aromatic N) is 3. The highest BCUT2D eigenvalue weighted by atomic mass is 32.1. The van der Waals surface area contributed by atoms with Crippen LogP contribution in [0.3, 0.4) is 0 Å². The molecule has 0 aliphatic rings. The van der Waals surface area contributed by atoms with Crippen molar-refractivity contribution in [2.75, 3.05) is 6.54 Å². The monoisotopic (exact) mass is 314 g/mol. The molecule has 0 fully saturated rings. The van der Waals surface area contributed by atoms with Crippen molar-refractivity contribution in [2.24, 2.45) is 0 Å². The van der Waals surface area contributed by atoms with Crippen LogP contribution in [0, 0.1) is 6.92 Å². The number of aryl methyl sites for hydroxylation is 1. The Morgan fingerprint density at radius 2 is 2.32 bits per heavy atom. The smallest absolute Gasteiger partial charge is 0.252 e. The van der Waals surface area contributed by atoms with E-state index in [1.54, 1.807) is 17.5 Å². The molecular formula is C16H18N4OS. The molecule has 0 atom stereocenters. The third-order valence-electron chi connectivity index (χ3n) is 3.40. The number of hydrogen-bond acceptors (Lipinski definition) is 4. The van der Waals surface area contributed by atoms with Crippen LogP contribution in [0.1, 0.15) is 34.3 Å². The van der Waals surface area contributed by atoms with Crippen molar-refractivity contribution in [3.63, 3.8) is 0 Å². The van der Waals surface area contributed by atoms with E-state index >= 15 is 0 Å². The second-order valence-corrected chi connectivity index (χ2v) is 6.22. The molecule has 3 aromatic rings. The Morgan fingerprint density at radius 3 is 3.05 bits per heavy atom. The van der Waals surface area contributed by atoms with E-state index in [-0.39, 0.29) is 5.91 Å². The fraction of sp³-hybridized carbons (Fsp3) is 0.312. The van der Waals surface area contributed by atoms with Crippen molar-refractivity contribution in [3.05, 3.63) is 45.9 Å². The minimum atomic E-state index is -0.0620. The third kappa shape index (κ3) is 2.87. The van der Waals surface area contributed by atoms with E-state index in [0.29, 0.717) is 18.7 Å². The molecule has 3 rings (SSSR count). The van der Waals surface area contributed by atoms with E-state index in [1.807, 2.05) is 36.0 Å². The van der Waals surface area contributed by atoms with E-state index in [2.05, 4.69) is 21.5 Å². The molecule has 5 nitrogen and oxygen atoms in total. The molecule has 22 heavy (non-hydrogen) atoms. The number of fused-ring (bicyclic) bond motifs is 1. The van der Waals surface area contributed by atoms with Gasteiger partial charge in [0.25, 0.3) is 5.91 Å². The summed E-state index contributed by atoms with van der Waals surface area (Å²) >= 11 is 1.69. The van der Waals surface area contributed by atoms with Gasteiger partial charge >= 0.3 is 0 Å². The highest BCUT2D eigenvalue weighted by Gasteiger charge is 2.15. The van der Waals surface area contributed by atoms with Crippen LogP contribution in [-0.4, -0.2) is 27.2 Å². The summed E-state index contributed by atoms with van der Waals surface area (Å²) in [5, 5.41) is 10.2. The molecule has 6 heteroatoms. The average Bonchev–Trinajstić information content (AvgIpc) is 3.15. The normalized spacial score (nSPS) is 11.0. The summed E-state index contributed by atoms with van der Waals surface area (Å²) in [6.07, 6.45) is 2.65. The van der Waals surface area contributed by atoms with Gasteiger partial charge in [-0.3, -0.25) is 4.79 Å². The van der Waals surface area contributed by atoms with Crippen LogP contribution in [0.4, 0.5) is 0 Å². The van der Waals surface area contributed by atoms with Crippen molar-refractivity contribution in [1.29, 1.82) is 0 Å². The second kappa shape index (κ2) is 6.27. The second-order valence-electron chi connectivity index (χ2n) is 5.19. The molecule has 0 spiro atoms. The van der Waals surface area contributed by atoms with Crippen molar-refractivity contribution in [3.8, 4) is 0 Å². The highest BCUT2D eigenvalue weighted by molar-refractivity contribution is 7.09. The number of pyridine rings is 1. The Kier molecular flexibility index (Phi) is 4.20. The van der Waals surface area contributed by atoms with E-state index < -0.39 is 0 Å². The Labute approximate surface area is 133 Å². The van der Waals surface area contributed by atoms with Gasteiger partial charge in [0, 0.05) is 17.1 Å². The summed E-state index contributed by atoms with van der Waals surface area (Å²) in [7, 11) is 0. The van der Waals surface area contributed by atoms with Gasteiger partial charge in [0.05, 0.1) is 23.7 Å². The number of nitrogens with one attached hydrogen (secondary N) is 1. The van der Waals surface area contributed by atoms with Gasteiger partial charge in [0.2, 0.25) is 0 Å². The minimum absolute atomic E-state index is 0.0620. The maximum absolute atomic E-state index is 12.3.